The van der Waals surface area contributed by atoms with Crippen LogP contribution in [0, 0.1) is 0 Å². The topological polar surface area (TPSA) is 26.0 Å². The smallest absolute Gasteiger partial charge is 0.122 e. The molecule has 1 aliphatic carbocycles. The molecule has 0 radical (unpaired) electrons. The normalized spacial score (nSPS) is 20.7. The molecule has 1 aromatic rings. The zero-order chi connectivity index (χ0) is 13.2. The van der Waals surface area contributed by atoms with Crippen molar-refractivity contribution in [2.75, 3.05) is 6.54 Å². The summed E-state index contributed by atoms with van der Waals surface area (Å²) in [5.41, 5.74) is 7.76. The number of halogens is 2. The van der Waals surface area contributed by atoms with Crippen LogP contribution in [-0.2, 0) is 5.41 Å². The van der Waals surface area contributed by atoms with Gasteiger partial charge in [-0.05, 0) is 37.0 Å². The minimum absolute atomic E-state index is 0.00736. The third kappa shape index (κ3) is 2.55. The molecule has 1 aliphatic rings. The van der Waals surface area contributed by atoms with Gasteiger partial charge in [0.25, 0.3) is 0 Å². The summed E-state index contributed by atoms with van der Waals surface area (Å²) >= 11 is 6.35. The summed E-state index contributed by atoms with van der Waals surface area (Å²) in [4.78, 5) is 0. The molecule has 2 rings (SSSR count). The van der Waals surface area contributed by atoms with Gasteiger partial charge in [-0.3, -0.25) is 0 Å². The molecule has 100 valence electrons. The third-order valence-electron chi connectivity index (χ3n) is 4.23. The SMILES string of the molecule is CC(F)c1ccc(C2(CN)CCCCC2)c(Cl)c1. The van der Waals surface area contributed by atoms with Crippen LogP contribution >= 0.6 is 11.6 Å². The summed E-state index contributed by atoms with van der Waals surface area (Å²) in [5, 5.41) is 0.671. The van der Waals surface area contributed by atoms with Crippen LogP contribution < -0.4 is 5.73 Å². The molecule has 1 saturated carbocycles. The van der Waals surface area contributed by atoms with Crippen LogP contribution in [0.15, 0.2) is 18.2 Å². The second-order valence-electron chi connectivity index (χ2n) is 5.40. The summed E-state index contributed by atoms with van der Waals surface area (Å²) in [6.07, 6.45) is 4.89. The van der Waals surface area contributed by atoms with Gasteiger partial charge in [-0.15, -0.1) is 0 Å². The summed E-state index contributed by atoms with van der Waals surface area (Å²) in [7, 11) is 0. The molecule has 2 N–H and O–H groups in total. The van der Waals surface area contributed by atoms with E-state index < -0.39 is 6.17 Å². The fourth-order valence-corrected chi connectivity index (χ4v) is 3.41. The second kappa shape index (κ2) is 5.58. The predicted molar refractivity (Wildman–Crippen MR) is 74.8 cm³/mol. The summed E-state index contributed by atoms with van der Waals surface area (Å²) in [6.45, 7) is 2.15. The van der Waals surface area contributed by atoms with Gasteiger partial charge in [-0.1, -0.05) is 43.0 Å². The van der Waals surface area contributed by atoms with E-state index in [0.717, 1.165) is 18.4 Å². The van der Waals surface area contributed by atoms with Crippen LogP contribution in [-0.4, -0.2) is 6.54 Å². The maximum absolute atomic E-state index is 13.3. The molecule has 1 aromatic carbocycles. The van der Waals surface area contributed by atoms with Gasteiger partial charge in [0.15, 0.2) is 0 Å². The van der Waals surface area contributed by atoms with E-state index in [1.54, 1.807) is 6.07 Å². The average molecular weight is 270 g/mol. The zero-order valence-electron chi connectivity index (χ0n) is 10.9. The molecule has 1 nitrogen and oxygen atoms in total. The number of alkyl halides is 1. The van der Waals surface area contributed by atoms with Gasteiger partial charge in [0.05, 0.1) is 0 Å². The fourth-order valence-electron chi connectivity index (χ4n) is 3.02. The molecule has 0 bridgehead atoms. The molecule has 0 amide bonds. The Morgan fingerprint density at radius 1 is 1.33 bits per heavy atom. The summed E-state index contributed by atoms with van der Waals surface area (Å²) < 4.78 is 13.3. The van der Waals surface area contributed by atoms with Gasteiger partial charge in [0.2, 0.25) is 0 Å². The summed E-state index contributed by atoms with van der Waals surface area (Å²) in [5.74, 6) is 0. The highest BCUT2D eigenvalue weighted by molar-refractivity contribution is 6.31. The van der Waals surface area contributed by atoms with E-state index in [9.17, 15) is 4.39 Å². The Bertz CT molecular complexity index is 411. The molecule has 0 spiro atoms. The lowest BCUT2D eigenvalue weighted by atomic mass is 9.69. The minimum Gasteiger partial charge on any atom is -0.330 e. The largest absolute Gasteiger partial charge is 0.330 e. The molecule has 0 heterocycles. The van der Waals surface area contributed by atoms with Crippen molar-refractivity contribution < 1.29 is 4.39 Å². The van der Waals surface area contributed by atoms with E-state index in [0.29, 0.717) is 17.1 Å². The van der Waals surface area contributed by atoms with E-state index in [1.165, 1.54) is 26.2 Å². The van der Waals surface area contributed by atoms with Gasteiger partial charge in [0, 0.05) is 17.0 Å². The van der Waals surface area contributed by atoms with E-state index in [2.05, 4.69) is 0 Å². The second-order valence-corrected chi connectivity index (χ2v) is 5.81. The number of nitrogens with two attached hydrogens (primary N) is 1. The highest BCUT2D eigenvalue weighted by atomic mass is 35.5. The Kier molecular flexibility index (Phi) is 4.29. The average Bonchev–Trinajstić information content (AvgIpc) is 2.39. The first-order valence-corrected chi connectivity index (χ1v) is 7.11. The molecule has 0 saturated heterocycles. The van der Waals surface area contributed by atoms with Crippen LogP contribution in [0.1, 0.15) is 56.3 Å². The maximum Gasteiger partial charge on any atom is 0.122 e. The monoisotopic (exact) mass is 269 g/mol. The Morgan fingerprint density at radius 3 is 2.50 bits per heavy atom. The quantitative estimate of drug-likeness (QED) is 0.857. The molecule has 1 fully saturated rings. The van der Waals surface area contributed by atoms with Gasteiger partial charge < -0.3 is 5.73 Å². The van der Waals surface area contributed by atoms with Crippen molar-refractivity contribution in [2.24, 2.45) is 5.73 Å². The Labute approximate surface area is 114 Å². The van der Waals surface area contributed by atoms with Gasteiger partial charge in [-0.2, -0.15) is 0 Å². The Morgan fingerprint density at radius 2 is 2.00 bits per heavy atom. The van der Waals surface area contributed by atoms with Crippen molar-refractivity contribution in [1.82, 2.24) is 0 Å². The third-order valence-corrected chi connectivity index (χ3v) is 4.54. The Balaban J connectivity index is 2.36. The van der Waals surface area contributed by atoms with Crippen LogP contribution in [0.25, 0.3) is 0 Å². The van der Waals surface area contributed by atoms with Crippen LogP contribution in [0.3, 0.4) is 0 Å². The fraction of sp³-hybridized carbons (Fsp3) is 0.600. The lowest BCUT2D eigenvalue weighted by molar-refractivity contribution is 0.300. The van der Waals surface area contributed by atoms with E-state index in [-0.39, 0.29) is 5.41 Å². The van der Waals surface area contributed by atoms with Crippen molar-refractivity contribution in [3.63, 3.8) is 0 Å². The number of hydrogen-bond acceptors (Lipinski definition) is 1. The molecular formula is C15H21ClFN. The maximum atomic E-state index is 13.3. The van der Waals surface area contributed by atoms with Crippen molar-refractivity contribution in [2.45, 2.75) is 50.6 Å². The van der Waals surface area contributed by atoms with Crippen molar-refractivity contribution in [1.29, 1.82) is 0 Å². The number of benzene rings is 1. The first-order chi connectivity index (χ1) is 8.59. The van der Waals surface area contributed by atoms with E-state index in [4.69, 9.17) is 17.3 Å². The number of hydrogen-bond donors (Lipinski definition) is 1. The highest BCUT2D eigenvalue weighted by Crippen LogP contribution is 2.42. The molecule has 0 aromatic heterocycles. The lowest BCUT2D eigenvalue weighted by Crippen LogP contribution is -2.37. The molecule has 0 aliphatic heterocycles. The molecular weight excluding hydrogens is 249 g/mol. The van der Waals surface area contributed by atoms with E-state index >= 15 is 0 Å². The first kappa shape index (κ1) is 13.8. The first-order valence-electron chi connectivity index (χ1n) is 6.73. The van der Waals surface area contributed by atoms with E-state index in [1.807, 2.05) is 12.1 Å². The van der Waals surface area contributed by atoms with Gasteiger partial charge in [0.1, 0.15) is 6.17 Å². The van der Waals surface area contributed by atoms with Gasteiger partial charge in [-0.25, -0.2) is 4.39 Å². The van der Waals surface area contributed by atoms with Crippen molar-refractivity contribution in [3.8, 4) is 0 Å². The van der Waals surface area contributed by atoms with Crippen LogP contribution in [0.5, 0.6) is 0 Å². The zero-order valence-corrected chi connectivity index (χ0v) is 11.6. The highest BCUT2D eigenvalue weighted by Gasteiger charge is 2.34. The van der Waals surface area contributed by atoms with Crippen molar-refractivity contribution >= 4 is 11.6 Å². The standard InChI is InChI=1S/C15H21ClFN/c1-11(17)12-5-6-13(14(16)9-12)15(10-18)7-3-2-4-8-15/h5-6,9,11H,2-4,7-8,10,18H2,1H3. The molecule has 1 unspecified atom stereocenters. The lowest BCUT2D eigenvalue weighted by Gasteiger charge is -2.37. The van der Waals surface area contributed by atoms with Crippen LogP contribution in [0.2, 0.25) is 5.02 Å². The van der Waals surface area contributed by atoms with Crippen molar-refractivity contribution in [3.05, 3.63) is 34.3 Å². The Hall–Kier alpha value is -0.600. The number of rotatable bonds is 3. The minimum atomic E-state index is -0.975. The molecule has 18 heavy (non-hydrogen) atoms. The summed E-state index contributed by atoms with van der Waals surface area (Å²) in [6, 6.07) is 5.58. The van der Waals surface area contributed by atoms with Gasteiger partial charge >= 0.3 is 0 Å². The van der Waals surface area contributed by atoms with Crippen LogP contribution in [0.4, 0.5) is 4.39 Å². The molecule has 3 heteroatoms. The predicted octanol–water partition coefficient (Wildman–Crippen LogP) is 4.53. The molecule has 1 atom stereocenters.